The van der Waals surface area contributed by atoms with Crippen LogP contribution in [0.25, 0.3) is 5.57 Å². The molecule has 0 saturated heterocycles. The van der Waals surface area contributed by atoms with E-state index < -0.39 is 0 Å². The topological polar surface area (TPSA) is 25.2 Å². The zero-order chi connectivity index (χ0) is 9.10. The summed E-state index contributed by atoms with van der Waals surface area (Å²) in [6, 6.07) is 5.95. The number of halogens is 1. The number of hydrogen-bond acceptors (Lipinski definition) is 2. The molecule has 0 spiro atoms. The Morgan fingerprint density at radius 2 is 2.23 bits per heavy atom. The molecule has 0 unspecified atom stereocenters. The van der Waals surface area contributed by atoms with Crippen molar-refractivity contribution in [1.82, 2.24) is 4.98 Å². The maximum Gasteiger partial charge on any atom is 0.106 e. The van der Waals surface area contributed by atoms with Gasteiger partial charge in [-0.3, -0.25) is 4.99 Å². The number of aromatic nitrogens is 1. The van der Waals surface area contributed by atoms with Crippen molar-refractivity contribution in [2.45, 2.75) is 6.42 Å². The summed E-state index contributed by atoms with van der Waals surface area (Å²) >= 11 is 3.36. The Morgan fingerprint density at radius 3 is 2.92 bits per heavy atom. The van der Waals surface area contributed by atoms with Gasteiger partial charge in [-0.15, -0.1) is 0 Å². The maximum absolute atomic E-state index is 4.38. The molecule has 0 aliphatic carbocycles. The third-order valence-electron chi connectivity index (χ3n) is 1.93. The molecule has 1 aliphatic heterocycles. The van der Waals surface area contributed by atoms with Crippen LogP contribution in [0.1, 0.15) is 12.1 Å². The molecule has 1 aromatic heterocycles. The zero-order valence-corrected chi connectivity index (χ0v) is 8.66. The van der Waals surface area contributed by atoms with E-state index in [2.05, 4.69) is 32.0 Å². The van der Waals surface area contributed by atoms with E-state index in [0.717, 1.165) is 23.3 Å². The van der Waals surface area contributed by atoms with Gasteiger partial charge in [0.15, 0.2) is 0 Å². The predicted octanol–water partition coefficient (Wildman–Crippen LogP) is 2.70. The summed E-state index contributed by atoms with van der Waals surface area (Å²) in [4.78, 5) is 8.52. The first-order valence-corrected chi connectivity index (χ1v) is 4.96. The van der Waals surface area contributed by atoms with Gasteiger partial charge >= 0.3 is 0 Å². The van der Waals surface area contributed by atoms with Crippen molar-refractivity contribution >= 4 is 27.7 Å². The van der Waals surface area contributed by atoms with E-state index in [9.17, 15) is 0 Å². The molecule has 2 rings (SSSR count). The van der Waals surface area contributed by atoms with E-state index in [1.54, 1.807) is 0 Å². The first-order valence-electron chi connectivity index (χ1n) is 4.16. The Balaban J connectivity index is 2.30. The van der Waals surface area contributed by atoms with Crippen LogP contribution in [0, 0.1) is 0 Å². The fraction of sp³-hybridized carbons (Fsp3) is 0.200. The van der Waals surface area contributed by atoms with Gasteiger partial charge in [0.05, 0.1) is 12.2 Å². The van der Waals surface area contributed by atoms with Gasteiger partial charge in [0.2, 0.25) is 0 Å². The highest BCUT2D eigenvalue weighted by Crippen LogP contribution is 2.18. The summed E-state index contributed by atoms with van der Waals surface area (Å²) < 4.78 is 0.883. The molecule has 0 fully saturated rings. The van der Waals surface area contributed by atoms with E-state index in [0.29, 0.717) is 0 Å². The Morgan fingerprint density at radius 1 is 1.31 bits per heavy atom. The number of aliphatic imine (C=N–C) groups is 1. The molecule has 2 heterocycles. The fourth-order valence-electron chi connectivity index (χ4n) is 1.28. The number of pyridine rings is 1. The van der Waals surface area contributed by atoms with Crippen LogP contribution >= 0.6 is 15.9 Å². The molecule has 0 radical (unpaired) electrons. The van der Waals surface area contributed by atoms with E-state index in [4.69, 9.17) is 0 Å². The van der Waals surface area contributed by atoms with Crippen molar-refractivity contribution in [3.63, 3.8) is 0 Å². The number of dihydropyridines is 1. The molecule has 66 valence electrons. The second-order valence-corrected chi connectivity index (χ2v) is 3.64. The van der Waals surface area contributed by atoms with Gasteiger partial charge in [-0.1, -0.05) is 12.1 Å². The van der Waals surface area contributed by atoms with Gasteiger partial charge in [-0.05, 0) is 33.6 Å². The highest BCUT2D eigenvalue weighted by molar-refractivity contribution is 9.10. The van der Waals surface area contributed by atoms with Crippen LogP contribution in [-0.2, 0) is 0 Å². The van der Waals surface area contributed by atoms with Gasteiger partial charge in [-0.2, -0.15) is 0 Å². The molecule has 1 aromatic rings. The first-order chi connectivity index (χ1) is 6.36. The monoisotopic (exact) mass is 236 g/mol. The van der Waals surface area contributed by atoms with Crippen molar-refractivity contribution in [1.29, 1.82) is 0 Å². The summed E-state index contributed by atoms with van der Waals surface area (Å²) in [6.07, 6.45) is 4.95. The summed E-state index contributed by atoms with van der Waals surface area (Å²) in [7, 11) is 0. The lowest BCUT2D eigenvalue weighted by atomic mass is 10.1. The highest BCUT2D eigenvalue weighted by Gasteiger charge is 2.04. The first kappa shape index (κ1) is 8.63. The van der Waals surface area contributed by atoms with Crippen LogP contribution in [0.3, 0.4) is 0 Å². The fourth-order valence-corrected chi connectivity index (χ4v) is 1.62. The lowest BCUT2D eigenvalue weighted by molar-refractivity contribution is 1.16. The van der Waals surface area contributed by atoms with Crippen LogP contribution in [0.4, 0.5) is 0 Å². The molecular formula is C10H9BrN2. The normalized spacial score (nSPS) is 15.6. The minimum atomic E-state index is 0.781. The molecule has 0 atom stereocenters. The lowest BCUT2D eigenvalue weighted by Crippen LogP contribution is -1.96. The van der Waals surface area contributed by atoms with E-state index in [1.807, 2.05) is 24.4 Å². The van der Waals surface area contributed by atoms with Gasteiger partial charge in [0.1, 0.15) is 4.60 Å². The summed E-state index contributed by atoms with van der Waals surface area (Å²) in [6.45, 7) is 0.781. The van der Waals surface area contributed by atoms with Gasteiger partial charge < -0.3 is 0 Å². The second-order valence-electron chi connectivity index (χ2n) is 2.83. The Hall–Kier alpha value is -0.960. The Labute approximate surface area is 85.5 Å². The van der Waals surface area contributed by atoms with Gasteiger partial charge in [0.25, 0.3) is 0 Å². The number of hydrogen-bond donors (Lipinski definition) is 0. The van der Waals surface area contributed by atoms with Crippen molar-refractivity contribution in [2.24, 2.45) is 4.99 Å². The van der Waals surface area contributed by atoms with Crippen molar-refractivity contribution in [3.8, 4) is 0 Å². The molecular weight excluding hydrogens is 228 g/mol. The molecule has 2 nitrogen and oxygen atoms in total. The highest BCUT2D eigenvalue weighted by atomic mass is 79.9. The molecule has 0 aromatic carbocycles. The third kappa shape index (κ3) is 2.04. The van der Waals surface area contributed by atoms with Crippen molar-refractivity contribution in [3.05, 3.63) is 34.6 Å². The SMILES string of the molecule is Brc1cccc(C2=CCN=CC2)n1. The summed E-state index contributed by atoms with van der Waals surface area (Å²) in [5.41, 5.74) is 2.30. The minimum Gasteiger partial charge on any atom is -0.293 e. The van der Waals surface area contributed by atoms with Crippen LogP contribution < -0.4 is 0 Å². The molecule has 13 heavy (non-hydrogen) atoms. The lowest BCUT2D eigenvalue weighted by Gasteiger charge is -2.07. The van der Waals surface area contributed by atoms with Crippen LogP contribution in [-0.4, -0.2) is 17.7 Å². The standard InChI is InChI=1S/C10H9BrN2/c11-10-3-1-2-9(13-10)8-4-6-12-7-5-8/h1-4,7H,5-6H2. The average molecular weight is 237 g/mol. The molecule has 3 heteroatoms. The maximum atomic E-state index is 4.38. The van der Waals surface area contributed by atoms with Crippen molar-refractivity contribution in [2.75, 3.05) is 6.54 Å². The second kappa shape index (κ2) is 3.83. The Kier molecular flexibility index (Phi) is 2.54. The Bertz CT molecular complexity index is 369. The average Bonchev–Trinajstić information content (AvgIpc) is 2.19. The third-order valence-corrected chi connectivity index (χ3v) is 2.37. The smallest absolute Gasteiger partial charge is 0.106 e. The molecule has 0 bridgehead atoms. The number of allylic oxidation sites excluding steroid dienone is 1. The molecule has 0 N–H and O–H groups in total. The predicted molar refractivity (Wildman–Crippen MR) is 57.9 cm³/mol. The molecule has 0 saturated carbocycles. The summed E-state index contributed by atoms with van der Waals surface area (Å²) in [5, 5.41) is 0. The number of nitrogens with zero attached hydrogens (tertiary/aromatic N) is 2. The molecule has 0 amide bonds. The van der Waals surface area contributed by atoms with E-state index in [1.165, 1.54) is 5.57 Å². The molecule has 1 aliphatic rings. The van der Waals surface area contributed by atoms with E-state index in [-0.39, 0.29) is 0 Å². The van der Waals surface area contributed by atoms with Crippen LogP contribution in [0.5, 0.6) is 0 Å². The number of rotatable bonds is 1. The van der Waals surface area contributed by atoms with E-state index >= 15 is 0 Å². The minimum absolute atomic E-state index is 0.781. The zero-order valence-electron chi connectivity index (χ0n) is 7.07. The quantitative estimate of drug-likeness (QED) is 0.689. The van der Waals surface area contributed by atoms with Crippen molar-refractivity contribution < 1.29 is 0 Å². The van der Waals surface area contributed by atoms with Gasteiger partial charge in [-0.25, -0.2) is 4.98 Å². The van der Waals surface area contributed by atoms with Gasteiger partial charge in [0, 0.05) is 12.6 Å². The summed E-state index contributed by atoms with van der Waals surface area (Å²) in [5.74, 6) is 0. The van der Waals surface area contributed by atoms with Crippen LogP contribution in [0.2, 0.25) is 0 Å². The van der Waals surface area contributed by atoms with Crippen LogP contribution in [0.15, 0.2) is 33.9 Å². The largest absolute Gasteiger partial charge is 0.293 e.